The van der Waals surface area contributed by atoms with Gasteiger partial charge in [-0.1, -0.05) is 43.2 Å². The van der Waals surface area contributed by atoms with Crippen molar-refractivity contribution < 1.29 is 9.53 Å². The number of carbonyl (C=O) groups excluding carboxylic acids is 1. The first-order chi connectivity index (χ1) is 13.7. The van der Waals surface area contributed by atoms with E-state index in [1.807, 2.05) is 12.1 Å². The third kappa shape index (κ3) is 5.67. The number of benzene rings is 2. The number of thiazole rings is 1. The van der Waals surface area contributed by atoms with Crippen LogP contribution in [0, 0.1) is 6.92 Å². The van der Waals surface area contributed by atoms with Crippen LogP contribution in [0.3, 0.4) is 0 Å². The molecule has 1 N–H and O–H groups in total. The molecule has 1 amide bonds. The molecule has 0 fully saturated rings. The topological polar surface area (TPSA) is 51.2 Å². The van der Waals surface area contributed by atoms with Gasteiger partial charge < -0.3 is 10.1 Å². The molecule has 0 atom stereocenters. The monoisotopic (exact) mass is 394 g/mol. The first-order valence-electron chi connectivity index (χ1n) is 9.68. The van der Waals surface area contributed by atoms with Crippen molar-refractivity contribution in [2.75, 3.05) is 13.2 Å². The summed E-state index contributed by atoms with van der Waals surface area (Å²) < 4.78 is 5.63. The second-order valence-electron chi connectivity index (χ2n) is 6.74. The largest absolute Gasteiger partial charge is 0.494 e. The van der Waals surface area contributed by atoms with Crippen LogP contribution in [0.1, 0.15) is 41.4 Å². The van der Waals surface area contributed by atoms with Gasteiger partial charge in [0.25, 0.3) is 5.91 Å². The highest BCUT2D eigenvalue weighted by atomic mass is 32.1. The number of ether oxygens (including phenoxy) is 1. The van der Waals surface area contributed by atoms with Crippen molar-refractivity contribution in [3.05, 3.63) is 70.7 Å². The number of hydrogen-bond acceptors (Lipinski definition) is 4. The number of amides is 1. The van der Waals surface area contributed by atoms with E-state index < -0.39 is 0 Å². The smallest absolute Gasteiger partial charge is 0.251 e. The number of unbranched alkanes of at least 4 members (excludes halogenated alkanes) is 1. The van der Waals surface area contributed by atoms with Crippen LogP contribution in [0.15, 0.2) is 53.9 Å². The predicted octanol–water partition coefficient (Wildman–Crippen LogP) is 5.27. The lowest BCUT2D eigenvalue weighted by molar-refractivity contribution is 0.0954. The van der Waals surface area contributed by atoms with Crippen LogP contribution in [0.2, 0.25) is 0 Å². The summed E-state index contributed by atoms with van der Waals surface area (Å²) in [5.74, 6) is 0.727. The maximum atomic E-state index is 12.3. The average molecular weight is 395 g/mol. The van der Waals surface area contributed by atoms with Crippen LogP contribution in [0.25, 0.3) is 10.6 Å². The zero-order chi connectivity index (χ0) is 19.8. The van der Waals surface area contributed by atoms with E-state index in [2.05, 4.69) is 53.8 Å². The number of nitrogens with one attached hydrogen (secondary N) is 1. The van der Waals surface area contributed by atoms with Gasteiger partial charge in [-0.05, 0) is 37.6 Å². The summed E-state index contributed by atoms with van der Waals surface area (Å²) in [5.41, 5.74) is 4.01. The Labute approximate surface area is 170 Å². The van der Waals surface area contributed by atoms with Crippen LogP contribution in [0.4, 0.5) is 0 Å². The van der Waals surface area contributed by atoms with E-state index in [1.54, 1.807) is 23.5 Å². The van der Waals surface area contributed by atoms with Gasteiger partial charge >= 0.3 is 0 Å². The zero-order valence-corrected chi connectivity index (χ0v) is 17.2. The summed E-state index contributed by atoms with van der Waals surface area (Å²) in [6.45, 7) is 5.48. The predicted molar refractivity (Wildman–Crippen MR) is 115 cm³/mol. The maximum Gasteiger partial charge on any atom is 0.251 e. The molecule has 0 spiro atoms. The fraction of sp³-hybridized carbons (Fsp3) is 0.304. The molecule has 0 radical (unpaired) electrons. The lowest BCUT2D eigenvalue weighted by atomic mass is 10.2. The van der Waals surface area contributed by atoms with Gasteiger partial charge in [0.05, 0.1) is 12.3 Å². The molecular formula is C23H26N2O2S. The van der Waals surface area contributed by atoms with Gasteiger partial charge in [-0.15, -0.1) is 11.3 Å². The van der Waals surface area contributed by atoms with Crippen LogP contribution in [-0.2, 0) is 6.42 Å². The number of aromatic nitrogens is 1. The molecule has 0 saturated heterocycles. The Kier molecular flexibility index (Phi) is 7.20. The average Bonchev–Trinajstić information content (AvgIpc) is 3.18. The Morgan fingerprint density at radius 2 is 1.86 bits per heavy atom. The Morgan fingerprint density at radius 3 is 2.57 bits per heavy atom. The Morgan fingerprint density at radius 1 is 1.11 bits per heavy atom. The van der Waals surface area contributed by atoms with Crippen molar-refractivity contribution in [1.82, 2.24) is 10.3 Å². The Hall–Kier alpha value is -2.66. The molecule has 1 aromatic heterocycles. The Balaban J connectivity index is 1.47. The molecule has 0 unspecified atom stereocenters. The molecule has 1 heterocycles. The van der Waals surface area contributed by atoms with Crippen LogP contribution in [0.5, 0.6) is 5.75 Å². The van der Waals surface area contributed by atoms with Crippen molar-refractivity contribution in [2.24, 2.45) is 0 Å². The summed E-state index contributed by atoms with van der Waals surface area (Å²) in [6.07, 6.45) is 2.85. The molecule has 0 aliphatic heterocycles. The fourth-order valence-corrected chi connectivity index (χ4v) is 3.55. The van der Waals surface area contributed by atoms with Crippen LogP contribution < -0.4 is 10.1 Å². The molecule has 146 valence electrons. The molecule has 0 aliphatic rings. The van der Waals surface area contributed by atoms with E-state index in [1.165, 1.54) is 5.56 Å². The number of carbonyl (C=O) groups is 1. The Bertz CT molecular complexity index is 886. The molecule has 0 saturated carbocycles. The minimum Gasteiger partial charge on any atom is -0.494 e. The quantitative estimate of drug-likeness (QED) is 0.503. The van der Waals surface area contributed by atoms with Crippen molar-refractivity contribution in [3.8, 4) is 16.3 Å². The zero-order valence-electron chi connectivity index (χ0n) is 16.4. The van der Waals surface area contributed by atoms with Crippen molar-refractivity contribution in [2.45, 2.75) is 33.1 Å². The van der Waals surface area contributed by atoms with Gasteiger partial charge in [-0.25, -0.2) is 4.98 Å². The van der Waals surface area contributed by atoms with Crippen LogP contribution in [-0.4, -0.2) is 24.0 Å². The van der Waals surface area contributed by atoms with E-state index in [-0.39, 0.29) is 5.91 Å². The van der Waals surface area contributed by atoms with Gasteiger partial charge in [-0.3, -0.25) is 4.79 Å². The number of nitrogens with zero attached hydrogens (tertiary/aromatic N) is 1. The maximum absolute atomic E-state index is 12.3. The number of rotatable bonds is 9. The lowest BCUT2D eigenvalue weighted by Crippen LogP contribution is -2.25. The summed E-state index contributed by atoms with van der Waals surface area (Å²) in [4.78, 5) is 17.0. The lowest BCUT2D eigenvalue weighted by Gasteiger charge is -2.07. The molecule has 2 aromatic carbocycles. The first-order valence-corrected chi connectivity index (χ1v) is 10.6. The highest BCUT2D eigenvalue weighted by Crippen LogP contribution is 2.24. The minimum absolute atomic E-state index is 0.0749. The molecule has 3 aromatic rings. The van der Waals surface area contributed by atoms with Gasteiger partial charge in [-0.2, -0.15) is 0 Å². The van der Waals surface area contributed by atoms with Crippen LogP contribution >= 0.6 is 11.3 Å². The second-order valence-corrected chi connectivity index (χ2v) is 7.60. The van der Waals surface area contributed by atoms with Gasteiger partial charge in [0.1, 0.15) is 10.8 Å². The van der Waals surface area contributed by atoms with Gasteiger partial charge in [0, 0.05) is 29.5 Å². The van der Waals surface area contributed by atoms with Crippen molar-refractivity contribution in [1.29, 1.82) is 0 Å². The third-order valence-electron chi connectivity index (χ3n) is 4.40. The molecule has 28 heavy (non-hydrogen) atoms. The number of aryl methyl sites for hydroxylation is 1. The number of hydrogen-bond donors (Lipinski definition) is 1. The van der Waals surface area contributed by atoms with Gasteiger partial charge in [0.15, 0.2) is 0 Å². The van der Waals surface area contributed by atoms with E-state index in [0.29, 0.717) is 25.1 Å². The van der Waals surface area contributed by atoms with Crippen molar-refractivity contribution >= 4 is 17.2 Å². The van der Waals surface area contributed by atoms with E-state index in [9.17, 15) is 4.79 Å². The summed E-state index contributed by atoms with van der Waals surface area (Å²) >= 11 is 1.64. The molecular weight excluding hydrogens is 368 g/mol. The summed E-state index contributed by atoms with van der Waals surface area (Å²) in [5, 5.41) is 6.03. The third-order valence-corrected chi connectivity index (χ3v) is 5.34. The molecule has 5 heteroatoms. The SMILES string of the molecule is CCCCOc1ccc(C(=O)NCCc2csc(-c3ccc(C)cc3)n2)cc1. The molecule has 3 rings (SSSR count). The molecule has 0 bridgehead atoms. The fourth-order valence-electron chi connectivity index (χ4n) is 2.69. The highest BCUT2D eigenvalue weighted by Gasteiger charge is 2.08. The normalized spacial score (nSPS) is 10.6. The van der Waals surface area contributed by atoms with Gasteiger partial charge in [0.2, 0.25) is 0 Å². The van der Waals surface area contributed by atoms with E-state index in [4.69, 9.17) is 4.74 Å². The van der Waals surface area contributed by atoms with E-state index in [0.717, 1.165) is 34.9 Å². The first kappa shape index (κ1) is 20.1. The van der Waals surface area contributed by atoms with Crippen molar-refractivity contribution in [3.63, 3.8) is 0 Å². The summed E-state index contributed by atoms with van der Waals surface area (Å²) in [6, 6.07) is 15.7. The molecule has 4 nitrogen and oxygen atoms in total. The second kappa shape index (κ2) is 10.0. The molecule has 0 aliphatic carbocycles. The minimum atomic E-state index is -0.0749. The van der Waals surface area contributed by atoms with E-state index >= 15 is 0 Å². The standard InChI is InChI=1S/C23H26N2O2S/c1-3-4-15-27-21-11-9-18(10-12-21)22(26)24-14-13-20-16-28-23(25-20)19-7-5-17(2)6-8-19/h5-12,16H,3-4,13-15H2,1-2H3,(H,24,26). The highest BCUT2D eigenvalue weighted by molar-refractivity contribution is 7.13. The summed E-state index contributed by atoms with van der Waals surface area (Å²) in [7, 11) is 0.